The summed E-state index contributed by atoms with van der Waals surface area (Å²) in [6.07, 6.45) is 1.64. The Morgan fingerprint density at radius 1 is 1.18 bits per heavy atom. The van der Waals surface area contributed by atoms with Crippen LogP contribution in [0, 0.1) is 5.41 Å². The molecule has 1 aliphatic rings. The van der Waals surface area contributed by atoms with Crippen molar-refractivity contribution in [1.82, 2.24) is 20.0 Å². The van der Waals surface area contributed by atoms with Crippen LogP contribution in [0.1, 0.15) is 62.1 Å². The van der Waals surface area contributed by atoms with E-state index in [2.05, 4.69) is 32.2 Å². The van der Waals surface area contributed by atoms with Gasteiger partial charge in [0.05, 0.1) is 29.0 Å². The van der Waals surface area contributed by atoms with Gasteiger partial charge in [0.1, 0.15) is 19.1 Å². The van der Waals surface area contributed by atoms with Gasteiger partial charge in [-0.05, 0) is 53.9 Å². The van der Waals surface area contributed by atoms with E-state index in [1.807, 2.05) is 20.8 Å². The number of carbonyl (C=O) groups is 2. The summed E-state index contributed by atoms with van der Waals surface area (Å²) >= 11 is 6.32. The van der Waals surface area contributed by atoms with Crippen LogP contribution in [0.2, 0.25) is 5.02 Å². The first-order chi connectivity index (χ1) is 24.1. The van der Waals surface area contributed by atoms with E-state index in [1.165, 1.54) is 48.7 Å². The summed E-state index contributed by atoms with van der Waals surface area (Å²) in [5.74, 6) is -1.03. The number of alkyl carbamates (subject to hydrolysis) is 1. The number of alkyl halides is 5. The third-order valence-electron chi connectivity index (χ3n) is 7.61. The molecule has 18 heteroatoms. The summed E-state index contributed by atoms with van der Waals surface area (Å²) in [6, 6.07) is 7.76. The number of rotatable bonds is 14. The van der Waals surface area contributed by atoms with Crippen molar-refractivity contribution in [1.29, 1.82) is 0 Å². The van der Waals surface area contributed by atoms with E-state index in [-0.39, 0.29) is 51.2 Å². The van der Waals surface area contributed by atoms with Gasteiger partial charge < -0.3 is 15.8 Å². The van der Waals surface area contributed by atoms with Gasteiger partial charge in [0.15, 0.2) is 5.96 Å². The van der Waals surface area contributed by atoms with Crippen molar-refractivity contribution in [3.63, 3.8) is 0 Å². The number of halogens is 6. The smallest absolute Gasteiger partial charge is 0.407 e. The number of nitrogens with two attached hydrogens (primary N) is 1. The van der Waals surface area contributed by atoms with Gasteiger partial charge in [0.2, 0.25) is 0 Å². The summed E-state index contributed by atoms with van der Waals surface area (Å²) in [6.45, 7) is 2.73. The molecule has 1 aliphatic carbocycles. The highest BCUT2D eigenvalue weighted by atomic mass is 35.5. The third kappa shape index (κ3) is 10.5. The molecular formula is C33H37ClF5N9O3. The largest absolute Gasteiger partial charge is 0.447 e. The van der Waals surface area contributed by atoms with E-state index in [1.54, 1.807) is 0 Å². The van der Waals surface area contributed by atoms with Gasteiger partial charge in [0.25, 0.3) is 5.91 Å². The van der Waals surface area contributed by atoms with Crippen molar-refractivity contribution >= 4 is 48.3 Å². The van der Waals surface area contributed by atoms with Crippen molar-refractivity contribution < 1.29 is 36.3 Å². The van der Waals surface area contributed by atoms with Crippen LogP contribution in [-0.2, 0) is 4.74 Å². The zero-order valence-electron chi connectivity index (χ0n) is 27.9. The average molecular weight is 738 g/mol. The minimum absolute atomic E-state index is 0.0618. The SMILES string of the molecule is C=N/C=N\N(c1cc([C@@H](COC(=O)N[C@@H]2C[C@@H]2F)N(C(=O)c2ccc(-c3cnn(C(F)F)c3)cc2)C(N)=NCCC(C)(C)C)ccc1Cl)C(F)F. The molecule has 0 saturated heterocycles. The molecule has 51 heavy (non-hydrogen) atoms. The zero-order valence-corrected chi connectivity index (χ0v) is 28.7. The first-order valence-electron chi connectivity index (χ1n) is 15.6. The maximum Gasteiger partial charge on any atom is 0.407 e. The van der Waals surface area contributed by atoms with Crippen molar-refractivity contribution in [2.24, 2.45) is 26.2 Å². The molecule has 2 aromatic carbocycles. The van der Waals surface area contributed by atoms with Crippen LogP contribution in [0.25, 0.3) is 11.1 Å². The van der Waals surface area contributed by atoms with Crippen molar-refractivity contribution in [2.75, 3.05) is 18.2 Å². The molecule has 1 aromatic heterocycles. The average Bonchev–Trinajstić information content (AvgIpc) is 3.52. The van der Waals surface area contributed by atoms with E-state index < -0.39 is 50.0 Å². The van der Waals surface area contributed by atoms with Gasteiger partial charge in [-0.3, -0.25) is 19.7 Å². The number of nitrogens with one attached hydrogen (secondary N) is 1. The molecule has 0 spiro atoms. The van der Waals surface area contributed by atoms with Crippen LogP contribution >= 0.6 is 11.6 Å². The molecule has 3 aromatic rings. The van der Waals surface area contributed by atoms with Gasteiger partial charge in [-0.25, -0.2) is 18.9 Å². The predicted molar refractivity (Wildman–Crippen MR) is 184 cm³/mol. The Morgan fingerprint density at radius 2 is 1.86 bits per heavy atom. The normalized spacial score (nSPS) is 16.7. The molecule has 274 valence electrons. The maximum absolute atomic E-state index is 14.4. The highest BCUT2D eigenvalue weighted by Gasteiger charge is 2.39. The Kier molecular flexibility index (Phi) is 12.7. The van der Waals surface area contributed by atoms with Crippen LogP contribution in [0.15, 0.2) is 69.9 Å². The van der Waals surface area contributed by atoms with Gasteiger partial charge in [0, 0.05) is 30.3 Å². The lowest BCUT2D eigenvalue weighted by molar-refractivity contribution is 0.0566. The van der Waals surface area contributed by atoms with Gasteiger partial charge in [-0.2, -0.15) is 27.8 Å². The van der Waals surface area contributed by atoms with Crippen molar-refractivity contribution in [2.45, 2.75) is 65.0 Å². The monoisotopic (exact) mass is 737 g/mol. The molecule has 1 fully saturated rings. The molecule has 12 nitrogen and oxygen atoms in total. The second-order valence-corrected chi connectivity index (χ2v) is 13.1. The second kappa shape index (κ2) is 16.8. The highest BCUT2D eigenvalue weighted by Crippen LogP contribution is 2.35. The molecule has 0 radical (unpaired) electrons. The van der Waals surface area contributed by atoms with Crippen LogP contribution < -0.4 is 16.1 Å². The lowest BCUT2D eigenvalue weighted by Crippen LogP contribution is -2.46. The van der Waals surface area contributed by atoms with Crippen molar-refractivity contribution in [3.8, 4) is 11.1 Å². The molecular weight excluding hydrogens is 701 g/mol. The zero-order chi connectivity index (χ0) is 37.5. The van der Waals surface area contributed by atoms with E-state index in [0.717, 1.165) is 17.4 Å². The fourth-order valence-electron chi connectivity index (χ4n) is 4.73. The van der Waals surface area contributed by atoms with E-state index >= 15 is 0 Å². The Balaban J connectivity index is 1.79. The maximum atomic E-state index is 14.4. The number of guanidine groups is 1. The van der Waals surface area contributed by atoms with Crippen LogP contribution in [0.3, 0.4) is 0 Å². The minimum atomic E-state index is -3.18. The molecule has 0 unspecified atom stereocenters. The summed E-state index contributed by atoms with van der Waals surface area (Å²) in [4.78, 5) is 35.9. The molecule has 0 aliphatic heterocycles. The first kappa shape index (κ1) is 38.7. The van der Waals surface area contributed by atoms with Crippen LogP contribution in [0.4, 0.5) is 32.4 Å². The van der Waals surface area contributed by atoms with E-state index in [4.69, 9.17) is 22.1 Å². The Labute approximate surface area is 295 Å². The Bertz CT molecular complexity index is 1750. The van der Waals surface area contributed by atoms with Crippen LogP contribution in [0.5, 0.6) is 0 Å². The number of aliphatic imine (C=N–C) groups is 2. The Hall–Kier alpha value is -5.06. The first-order valence-corrected chi connectivity index (χ1v) is 16.0. The second-order valence-electron chi connectivity index (χ2n) is 12.7. The third-order valence-corrected chi connectivity index (χ3v) is 7.93. The number of benzene rings is 2. The fraction of sp³-hybridized carbons (Fsp3) is 0.394. The number of hydrogen-bond acceptors (Lipinski definition) is 7. The van der Waals surface area contributed by atoms with Crippen molar-refractivity contribution in [3.05, 3.63) is 71.0 Å². The highest BCUT2D eigenvalue weighted by molar-refractivity contribution is 6.33. The lowest BCUT2D eigenvalue weighted by Gasteiger charge is -2.32. The van der Waals surface area contributed by atoms with Gasteiger partial charge in [-0.15, -0.1) is 0 Å². The standard InChI is InChI=1S/C33H37ClF5N9O3/c1-33(2,3)11-12-42-31(40)47(28(49)20-7-5-19(6-8-20)22-15-43-46(16-22)29(36)37)27(17-51-32(50)45-25-14-24(25)35)21-9-10-23(34)26(13-21)48(30(38)39)44-18-41-4/h5-10,13,15-16,18,24-25,27,29-30H,4,11-12,14,17H2,1-3H3,(H2,40,42)(H,45,50)/b44-18-/t24-,25+,27+/m0/s1. The van der Waals surface area contributed by atoms with Gasteiger partial charge >= 0.3 is 19.2 Å². The minimum Gasteiger partial charge on any atom is -0.447 e. The molecule has 3 N–H and O–H groups in total. The summed E-state index contributed by atoms with van der Waals surface area (Å²) in [5.41, 5.74) is 7.08. The molecule has 4 rings (SSSR count). The topological polar surface area (TPSA) is 143 Å². The summed E-state index contributed by atoms with van der Waals surface area (Å²) in [5, 5.41) is 9.75. The number of hydrazone groups is 1. The quantitative estimate of drug-likeness (QED) is 0.0598. The number of ether oxygens (including phenoxy) is 1. The number of hydrogen-bond donors (Lipinski definition) is 2. The lowest BCUT2D eigenvalue weighted by atomic mass is 9.92. The van der Waals surface area contributed by atoms with E-state index in [9.17, 15) is 31.5 Å². The van der Waals surface area contributed by atoms with Crippen LogP contribution in [-0.4, -0.2) is 77.6 Å². The molecule has 0 bridgehead atoms. The molecule has 3 atom stereocenters. The number of anilines is 1. The van der Waals surface area contributed by atoms with E-state index in [0.29, 0.717) is 22.2 Å². The Morgan fingerprint density at radius 3 is 2.43 bits per heavy atom. The summed E-state index contributed by atoms with van der Waals surface area (Å²) < 4.78 is 73.9. The number of carbonyl (C=O) groups excluding carboxylic acids is 2. The number of amides is 2. The number of aromatic nitrogens is 2. The summed E-state index contributed by atoms with van der Waals surface area (Å²) in [7, 11) is 0. The molecule has 2 amide bonds. The van der Waals surface area contributed by atoms with Gasteiger partial charge in [-0.1, -0.05) is 50.6 Å². The molecule has 1 saturated carbocycles. The number of nitrogens with zero attached hydrogens (tertiary/aromatic N) is 7. The molecule has 1 heterocycles. The fourth-order valence-corrected chi connectivity index (χ4v) is 4.93. The predicted octanol–water partition coefficient (Wildman–Crippen LogP) is 7.04.